The second-order valence-electron chi connectivity index (χ2n) is 6.33. The Morgan fingerprint density at radius 2 is 1.72 bits per heavy atom. The minimum atomic E-state index is -1.07. The second kappa shape index (κ2) is 7.41. The van der Waals surface area contributed by atoms with Gasteiger partial charge in [-0.25, -0.2) is 9.29 Å². The van der Waals surface area contributed by atoms with E-state index in [1.165, 1.54) is 12.1 Å². The maximum atomic E-state index is 13.1. The molecule has 3 amide bonds. The van der Waals surface area contributed by atoms with E-state index in [-0.39, 0.29) is 28.0 Å². The predicted octanol–water partition coefficient (Wildman–Crippen LogP) is 3.06. The number of rotatable bonds is 4. The van der Waals surface area contributed by atoms with E-state index in [2.05, 4.69) is 15.7 Å². The summed E-state index contributed by atoms with van der Waals surface area (Å²) in [5, 5.41) is 11.8. The normalized spacial score (nSPS) is 20.4. The fourth-order valence-corrected chi connectivity index (χ4v) is 3.63. The Morgan fingerprint density at radius 1 is 1.07 bits per heavy atom. The first kappa shape index (κ1) is 19.3. The van der Waals surface area contributed by atoms with Gasteiger partial charge in [0, 0.05) is 0 Å². The lowest BCUT2D eigenvalue weighted by Gasteiger charge is -2.20. The molecule has 0 aliphatic carbocycles. The van der Waals surface area contributed by atoms with Crippen molar-refractivity contribution in [2.45, 2.75) is 12.1 Å². The molecule has 11 heteroatoms. The maximum absolute atomic E-state index is 13.1. The molecule has 2 heterocycles. The summed E-state index contributed by atoms with van der Waals surface area (Å²) in [4.78, 5) is 38.7. The van der Waals surface area contributed by atoms with E-state index < -0.39 is 35.6 Å². The molecule has 2 aromatic carbocycles. The number of anilines is 2. The predicted molar refractivity (Wildman–Crippen MR) is 103 cm³/mol. The number of nitrogens with one attached hydrogen (secondary N) is 1. The van der Waals surface area contributed by atoms with Crippen LogP contribution in [0.4, 0.5) is 15.8 Å². The van der Waals surface area contributed by atoms with E-state index in [1.807, 2.05) is 0 Å². The molecule has 0 spiro atoms. The van der Waals surface area contributed by atoms with Gasteiger partial charge in [-0.3, -0.25) is 19.4 Å². The summed E-state index contributed by atoms with van der Waals surface area (Å²) in [5.74, 6) is -2.23. The highest BCUT2D eigenvalue weighted by molar-refractivity contribution is 6.39. The number of carbonyl (C=O) groups excluding carboxylic acids is 3. The highest BCUT2D eigenvalue weighted by atomic mass is 35.5. The number of fused-ring (bicyclic) bond motifs is 1. The molecule has 0 bridgehead atoms. The number of imide groups is 1. The van der Waals surface area contributed by atoms with Crippen LogP contribution in [-0.2, 0) is 14.4 Å². The van der Waals surface area contributed by atoms with Crippen molar-refractivity contribution in [1.29, 1.82) is 0 Å². The van der Waals surface area contributed by atoms with Gasteiger partial charge in [0.1, 0.15) is 12.4 Å². The van der Waals surface area contributed by atoms with Gasteiger partial charge < -0.3 is 5.32 Å². The maximum Gasteiger partial charge on any atom is 0.263 e. The van der Waals surface area contributed by atoms with E-state index in [4.69, 9.17) is 23.2 Å². The number of halogens is 3. The number of benzene rings is 2. The number of hydrogen-bond acceptors (Lipinski definition) is 6. The molecule has 0 unspecified atom stereocenters. The Kier molecular flexibility index (Phi) is 4.93. The summed E-state index contributed by atoms with van der Waals surface area (Å²) in [6.45, 7) is -0.345. The molecule has 4 rings (SSSR count). The van der Waals surface area contributed by atoms with Crippen molar-refractivity contribution in [2.24, 2.45) is 10.3 Å². The van der Waals surface area contributed by atoms with Gasteiger partial charge in [-0.1, -0.05) is 34.5 Å². The van der Waals surface area contributed by atoms with Gasteiger partial charge in [0.25, 0.3) is 11.8 Å². The van der Waals surface area contributed by atoms with Crippen molar-refractivity contribution in [3.8, 4) is 0 Å². The Morgan fingerprint density at radius 3 is 2.38 bits per heavy atom. The molecule has 2 atom stereocenters. The Hall–Kier alpha value is -3.04. The molecule has 148 valence electrons. The van der Waals surface area contributed by atoms with Gasteiger partial charge in [-0.2, -0.15) is 5.11 Å². The summed E-state index contributed by atoms with van der Waals surface area (Å²) in [6.07, 6.45) is 0. The monoisotopic (exact) mass is 435 g/mol. The van der Waals surface area contributed by atoms with Crippen molar-refractivity contribution >= 4 is 52.3 Å². The fourth-order valence-electron chi connectivity index (χ4n) is 3.14. The van der Waals surface area contributed by atoms with Crippen LogP contribution in [0.5, 0.6) is 0 Å². The third-order valence-corrected chi connectivity index (χ3v) is 5.11. The molecular weight excluding hydrogens is 424 g/mol. The number of carbonyl (C=O) groups is 3. The molecule has 0 saturated carbocycles. The first-order chi connectivity index (χ1) is 13.9. The van der Waals surface area contributed by atoms with E-state index in [1.54, 1.807) is 18.2 Å². The molecular formula is C18H12Cl2FN5O3. The third kappa shape index (κ3) is 3.43. The standard InChI is InChI=1S/C18H12Cl2FN5O3/c19-11-2-1-3-12(20)14(11)22-13(27)8-25-16-15(23-24-25)17(28)26(18(16)29)10-6-4-9(21)5-7-10/h1-7,15-16H,8H2,(H,22,27)/t15-,16-/m0/s1. The molecule has 2 aliphatic rings. The minimum absolute atomic E-state index is 0.221. The van der Waals surface area contributed by atoms with Crippen LogP contribution in [-0.4, -0.2) is 41.4 Å². The number of amides is 3. The molecule has 1 fully saturated rings. The van der Waals surface area contributed by atoms with Gasteiger partial charge in [-0.05, 0) is 36.4 Å². The van der Waals surface area contributed by atoms with Crippen molar-refractivity contribution in [3.05, 3.63) is 58.3 Å². The lowest BCUT2D eigenvalue weighted by atomic mass is 10.1. The van der Waals surface area contributed by atoms with Crippen molar-refractivity contribution in [2.75, 3.05) is 16.8 Å². The molecule has 0 radical (unpaired) electrons. The number of hydrogen-bond donors (Lipinski definition) is 1. The molecule has 2 aromatic rings. The molecule has 2 aliphatic heterocycles. The van der Waals surface area contributed by atoms with Crippen LogP contribution >= 0.6 is 23.2 Å². The van der Waals surface area contributed by atoms with Gasteiger partial charge in [0.05, 0.1) is 21.4 Å². The van der Waals surface area contributed by atoms with E-state index in [0.29, 0.717) is 0 Å². The first-order valence-corrected chi connectivity index (χ1v) is 9.17. The van der Waals surface area contributed by atoms with Crippen LogP contribution in [0.3, 0.4) is 0 Å². The number of para-hydroxylation sites is 1. The van der Waals surface area contributed by atoms with Crippen LogP contribution in [0.15, 0.2) is 52.8 Å². The van der Waals surface area contributed by atoms with Gasteiger partial charge in [-0.15, -0.1) is 0 Å². The summed E-state index contributed by atoms with van der Waals surface area (Å²) >= 11 is 12.1. The molecule has 1 saturated heterocycles. The van der Waals surface area contributed by atoms with Crippen molar-refractivity contribution in [1.82, 2.24) is 5.01 Å². The van der Waals surface area contributed by atoms with E-state index >= 15 is 0 Å². The lowest BCUT2D eigenvalue weighted by Crippen LogP contribution is -2.43. The summed E-state index contributed by atoms with van der Waals surface area (Å²) in [7, 11) is 0. The molecule has 0 aromatic heterocycles. The smallest absolute Gasteiger partial charge is 0.263 e. The summed E-state index contributed by atoms with van der Waals surface area (Å²) in [6, 6.07) is 7.56. The van der Waals surface area contributed by atoms with Crippen LogP contribution in [0.2, 0.25) is 10.0 Å². The Balaban J connectivity index is 1.50. The molecule has 8 nitrogen and oxygen atoms in total. The average molecular weight is 436 g/mol. The first-order valence-electron chi connectivity index (χ1n) is 8.41. The minimum Gasteiger partial charge on any atom is -0.322 e. The average Bonchev–Trinajstić information content (AvgIpc) is 3.19. The van der Waals surface area contributed by atoms with E-state index in [0.717, 1.165) is 22.0 Å². The Labute approximate surface area is 173 Å². The third-order valence-electron chi connectivity index (χ3n) is 4.48. The van der Waals surface area contributed by atoms with Gasteiger partial charge >= 0.3 is 0 Å². The SMILES string of the molecule is O=C(CN1N=N[C@@H]2C(=O)N(c3ccc(F)cc3)C(=O)[C@H]21)Nc1c(Cl)cccc1Cl. The van der Waals surface area contributed by atoms with Crippen molar-refractivity contribution in [3.63, 3.8) is 0 Å². The van der Waals surface area contributed by atoms with Crippen LogP contribution < -0.4 is 10.2 Å². The zero-order chi connectivity index (χ0) is 20.7. The fraction of sp³-hybridized carbons (Fsp3) is 0.167. The molecule has 1 N–H and O–H groups in total. The topological polar surface area (TPSA) is 94.4 Å². The van der Waals surface area contributed by atoms with E-state index in [9.17, 15) is 18.8 Å². The van der Waals surface area contributed by atoms with Crippen LogP contribution in [0.25, 0.3) is 0 Å². The van der Waals surface area contributed by atoms with Gasteiger partial charge in [0.15, 0.2) is 12.1 Å². The highest BCUT2D eigenvalue weighted by Crippen LogP contribution is 2.33. The van der Waals surface area contributed by atoms with Crippen molar-refractivity contribution < 1.29 is 18.8 Å². The van der Waals surface area contributed by atoms with Crippen LogP contribution in [0, 0.1) is 5.82 Å². The summed E-state index contributed by atoms with van der Waals surface area (Å²) in [5.41, 5.74) is 0.452. The Bertz CT molecular complexity index is 1030. The zero-order valence-electron chi connectivity index (χ0n) is 14.6. The van der Waals surface area contributed by atoms with Gasteiger partial charge in [0.2, 0.25) is 5.91 Å². The lowest BCUT2D eigenvalue weighted by molar-refractivity contribution is -0.123. The highest BCUT2D eigenvalue weighted by Gasteiger charge is 2.55. The number of nitrogens with zero attached hydrogens (tertiary/aromatic N) is 4. The quantitative estimate of drug-likeness (QED) is 0.746. The second-order valence-corrected chi connectivity index (χ2v) is 7.14. The van der Waals surface area contributed by atoms with Crippen LogP contribution in [0.1, 0.15) is 0 Å². The molecule has 29 heavy (non-hydrogen) atoms. The summed E-state index contributed by atoms with van der Waals surface area (Å²) < 4.78 is 13.1. The zero-order valence-corrected chi connectivity index (χ0v) is 16.1. The largest absolute Gasteiger partial charge is 0.322 e.